The van der Waals surface area contributed by atoms with Crippen molar-refractivity contribution in [3.05, 3.63) is 83.6 Å². The summed E-state index contributed by atoms with van der Waals surface area (Å²) in [6.45, 7) is 0. The second kappa shape index (κ2) is 7.13. The van der Waals surface area contributed by atoms with Gasteiger partial charge in [-0.15, -0.1) is 0 Å². The van der Waals surface area contributed by atoms with Gasteiger partial charge in [0, 0.05) is 34.1 Å². The van der Waals surface area contributed by atoms with Crippen LogP contribution in [0, 0.1) is 0 Å². The highest BCUT2D eigenvalue weighted by atomic mass is 35.5. The molecule has 0 aliphatic rings. The number of alkyl halides is 3. The van der Waals surface area contributed by atoms with Crippen molar-refractivity contribution in [1.82, 2.24) is 15.0 Å². The van der Waals surface area contributed by atoms with Crippen LogP contribution in [0.2, 0.25) is 5.02 Å². The molecule has 4 aromatic rings. The number of nitrogens with one attached hydrogen (secondary N) is 1. The lowest BCUT2D eigenvalue weighted by molar-refractivity contribution is -0.137. The second-order valence-electron chi connectivity index (χ2n) is 6.13. The summed E-state index contributed by atoms with van der Waals surface area (Å²) < 4.78 is 39.5. The second-order valence-corrected chi connectivity index (χ2v) is 6.57. The maximum Gasteiger partial charge on any atom is 0.416 e. The van der Waals surface area contributed by atoms with Crippen LogP contribution < -0.4 is 0 Å². The van der Waals surface area contributed by atoms with E-state index in [-0.39, 0.29) is 0 Å². The molecule has 0 aliphatic heterocycles. The van der Waals surface area contributed by atoms with E-state index in [0.717, 1.165) is 23.3 Å². The first-order valence-corrected chi connectivity index (χ1v) is 8.73. The molecule has 3 nitrogen and oxygen atoms in total. The van der Waals surface area contributed by atoms with E-state index in [4.69, 9.17) is 11.6 Å². The minimum Gasteiger partial charge on any atom is -0.337 e. The molecule has 0 atom stereocenters. The van der Waals surface area contributed by atoms with Gasteiger partial charge in [-0.1, -0.05) is 35.9 Å². The molecule has 140 valence electrons. The number of hydrogen-bond donors (Lipinski definition) is 1. The number of aromatic amines is 1. The SMILES string of the molecule is FC(F)(F)c1cccc(-c2nc(-c3cccc(Cl)c3)[nH]c2-c2ccncc2)c1. The molecule has 28 heavy (non-hydrogen) atoms. The normalized spacial score (nSPS) is 11.6. The summed E-state index contributed by atoms with van der Waals surface area (Å²) in [5, 5.41) is 0.542. The largest absolute Gasteiger partial charge is 0.416 e. The van der Waals surface area contributed by atoms with Crippen molar-refractivity contribution >= 4 is 11.6 Å². The summed E-state index contributed by atoms with van der Waals surface area (Å²) >= 11 is 6.07. The van der Waals surface area contributed by atoms with E-state index in [1.165, 1.54) is 6.07 Å². The molecule has 0 unspecified atom stereocenters. The summed E-state index contributed by atoms with van der Waals surface area (Å²) in [5.41, 5.74) is 2.18. The predicted molar refractivity (Wildman–Crippen MR) is 103 cm³/mol. The number of imidazole rings is 1. The first-order chi connectivity index (χ1) is 13.4. The van der Waals surface area contributed by atoms with E-state index < -0.39 is 11.7 Å². The van der Waals surface area contributed by atoms with Crippen molar-refractivity contribution in [2.45, 2.75) is 6.18 Å². The quantitative estimate of drug-likeness (QED) is 0.428. The maximum atomic E-state index is 13.2. The third-order valence-electron chi connectivity index (χ3n) is 4.23. The van der Waals surface area contributed by atoms with Crippen molar-refractivity contribution in [3.63, 3.8) is 0 Å². The molecule has 0 saturated carbocycles. The van der Waals surface area contributed by atoms with Gasteiger partial charge in [-0.05, 0) is 36.4 Å². The van der Waals surface area contributed by atoms with E-state index in [9.17, 15) is 13.2 Å². The Labute approximate surface area is 163 Å². The molecule has 0 radical (unpaired) electrons. The summed E-state index contributed by atoms with van der Waals surface area (Å²) in [5.74, 6) is 0.515. The van der Waals surface area contributed by atoms with Crippen molar-refractivity contribution in [1.29, 1.82) is 0 Å². The topological polar surface area (TPSA) is 41.6 Å². The van der Waals surface area contributed by atoms with Crippen molar-refractivity contribution in [2.75, 3.05) is 0 Å². The standard InChI is InChI=1S/C21H13ClF3N3/c22-17-6-2-4-15(12-17)20-27-18(13-7-9-26-10-8-13)19(28-20)14-3-1-5-16(11-14)21(23,24)25/h1-12H,(H,27,28). The van der Waals surface area contributed by atoms with Crippen LogP contribution in [-0.2, 0) is 6.18 Å². The third-order valence-corrected chi connectivity index (χ3v) is 4.47. The third kappa shape index (κ3) is 3.64. The van der Waals surface area contributed by atoms with Gasteiger partial charge in [0.25, 0.3) is 0 Å². The zero-order valence-electron chi connectivity index (χ0n) is 14.3. The molecule has 2 aromatic heterocycles. The van der Waals surface area contributed by atoms with E-state index >= 15 is 0 Å². The maximum absolute atomic E-state index is 13.2. The molecule has 2 heterocycles. The zero-order chi connectivity index (χ0) is 19.7. The van der Waals surface area contributed by atoms with Crippen LogP contribution in [0.15, 0.2) is 73.1 Å². The van der Waals surface area contributed by atoms with Gasteiger partial charge in [0.2, 0.25) is 0 Å². The van der Waals surface area contributed by atoms with E-state index in [1.54, 1.807) is 48.8 Å². The Hall–Kier alpha value is -3.12. The van der Waals surface area contributed by atoms with Crippen LogP contribution in [0.5, 0.6) is 0 Å². The fourth-order valence-electron chi connectivity index (χ4n) is 2.92. The summed E-state index contributed by atoms with van der Waals surface area (Å²) in [7, 11) is 0. The Morgan fingerprint density at radius 2 is 1.54 bits per heavy atom. The van der Waals surface area contributed by atoms with E-state index in [2.05, 4.69) is 15.0 Å². The highest BCUT2D eigenvalue weighted by molar-refractivity contribution is 6.30. The Morgan fingerprint density at radius 3 is 2.25 bits per heavy atom. The molecular formula is C21H13ClF3N3. The molecule has 7 heteroatoms. The molecule has 2 aromatic carbocycles. The molecule has 0 fully saturated rings. The summed E-state index contributed by atoms with van der Waals surface area (Å²) in [6.07, 6.45) is -1.20. The van der Waals surface area contributed by atoms with E-state index in [1.807, 2.05) is 6.07 Å². The van der Waals surface area contributed by atoms with Gasteiger partial charge >= 0.3 is 6.18 Å². The van der Waals surface area contributed by atoms with E-state index in [0.29, 0.717) is 27.8 Å². The van der Waals surface area contributed by atoms with Crippen molar-refractivity contribution in [2.24, 2.45) is 0 Å². The average molecular weight is 400 g/mol. The number of halogens is 4. The average Bonchev–Trinajstić information content (AvgIpc) is 3.14. The van der Waals surface area contributed by atoms with Crippen LogP contribution in [-0.4, -0.2) is 15.0 Å². The van der Waals surface area contributed by atoms with Gasteiger partial charge < -0.3 is 4.98 Å². The Bertz CT molecular complexity index is 1120. The first-order valence-electron chi connectivity index (χ1n) is 8.36. The van der Waals surface area contributed by atoms with Crippen LogP contribution in [0.25, 0.3) is 33.9 Å². The van der Waals surface area contributed by atoms with Gasteiger partial charge in [-0.25, -0.2) is 4.98 Å². The minimum atomic E-state index is -4.43. The Balaban J connectivity index is 1.91. The van der Waals surface area contributed by atoms with Gasteiger partial charge in [0.1, 0.15) is 5.82 Å². The fourth-order valence-corrected chi connectivity index (χ4v) is 3.12. The smallest absolute Gasteiger partial charge is 0.337 e. The number of rotatable bonds is 3. The minimum absolute atomic E-state index is 0.367. The Kier molecular flexibility index (Phi) is 4.65. The monoisotopic (exact) mass is 399 g/mol. The molecule has 0 aliphatic carbocycles. The van der Waals surface area contributed by atoms with Gasteiger partial charge in [0.15, 0.2) is 0 Å². The fraction of sp³-hybridized carbons (Fsp3) is 0.0476. The molecule has 0 amide bonds. The highest BCUT2D eigenvalue weighted by Crippen LogP contribution is 2.36. The lowest BCUT2D eigenvalue weighted by Crippen LogP contribution is -2.04. The van der Waals surface area contributed by atoms with Crippen LogP contribution in [0.1, 0.15) is 5.56 Å². The molecule has 1 N–H and O–H groups in total. The lowest BCUT2D eigenvalue weighted by Gasteiger charge is -2.08. The van der Waals surface area contributed by atoms with Crippen molar-refractivity contribution in [3.8, 4) is 33.9 Å². The number of nitrogens with zero attached hydrogens (tertiary/aromatic N) is 2. The van der Waals surface area contributed by atoms with Gasteiger partial charge in [0.05, 0.1) is 17.0 Å². The number of benzene rings is 2. The van der Waals surface area contributed by atoms with Gasteiger partial charge in [-0.2, -0.15) is 13.2 Å². The predicted octanol–water partition coefficient (Wildman–Crippen LogP) is 6.48. The molecule has 0 spiro atoms. The lowest BCUT2D eigenvalue weighted by atomic mass is 10.0. The molecule has 4 rings (SSSR count). The summed E-state index contributed by atoms with van der Waals surface area (Å²) in [6, 6.07) is 15.8. The highest BCUT2D eigenvalue weighted by Gasteiger charge is 2.31. The zero-order valence-corrected chi connectivity index (χ0v) is 15.1. The number of H-pyrrole nitrogens is 1. The van der Waals surface area contributed by atoms with Crippen molar-refractivity contribution < 1.29 is 13.2 Å². The van der Waals surface area contributed by atoms with Crippen LogP contribution in [0.4, 0.5) is 13.2 Å². The first kappa shape index (κ1) is 18.3. The molecular weight excluding hydrogens is 387 g/mol. The molecule has 0 bridgehead atoms. The Morgan fingerprint density at radius 1 is 0.821 bits per heavy atom. The number of hydrogen-bond acceptors (Lipinski definition) is 2. The number of pyridine rings is 1. The van der Waals surface area contributed by atoms with Crippen LogP contribution >= 0.6 is 11.6 Å². The van der Waals surface area contributed by atoms with Crippen LogP contribution in [0.3, 0.4) is 0 Å². The number of aromatic nitrogens is 3. The van der Waals surface area contributed by atoms with Gasteiger partial charge in [-0.3, -0.25) is 4.98 Å². The molecule has 0 saturated heterocycles. The summed E-state index contributed by atoms with van der Waals surface area (Å²) in [4.78, 5) is 11.8.